The molecule has 1 aliphatic rings. The number of amides is 1. The molecule has 8 heteroatoms. The molecule has 27 heavy (non-hydrogen) atoms. The van der Waals surface area contributed by atoms with Crippen molar-refractivity contribution in [1.29, 1.82) is 0 Å². The molecule has 0 bridgehead atoms. The maximum absolute atomic E-state index is 12.8. The van der Waals surface area contributed by atoms with Crippen LogP contribution >= 0.6 is 0 Å². The number of anilines is 1. The average Bonchev–Trinajstić information content (AvgIpc) is 2.94. The number of piperidine rings is 1. The van der Waals surface area contributed by atoms with Gasteiger partial charge >= 0.3 is 0 Å². The molecule has 7 nitrogen and oxygen atoms in total. The molecule has 1 amide bonds. The number of hydrogen-bond donors (Lipinski definition) is 1. The summed E-state index contributed by atoms with van der Waals surface area (Å²) in [5.74, 6) is 0.424. The first kappa shape index (κ1) is 19.3. The first-order chi connectivity index (χ1) is 12.7. The summed E-state index contributed by atoms with van der Waals surface area (Å²) >= 11 is 0. The van der Waals surface area contributed by atoms with Crippen LogP contribution in [-0.2, 0) is 21.9 Å². The van der Waals surface area contributed by atoms with Gasteiger partial charge in [0.15, 0.2) is 0 Å². The maximum atomic E-state index is 12.8. The molecular formula is C19H24N4O3S. The molecule has 1 unspecified atom stereocenters. The first-order valence-electron chi connectivity index (χ1n) is 8.84. The normalized spacial score (nSPS) is 18.4. The summed E-state index contributed by atoms with van der Waals surface area (Å²) in [6, 6.07) is 8.57. The van der Waals surface area contributed by atoms with Crippen molar-refractivity contribution in [3.05, 3.63) is 52.6 Å². The van der Waals surface area contributed by atoms with E-state index in [1.807, 2.05) is 44.2 Å². The number of aromatic nitrogens is 2. The molecule has 1 aliphatic heterocycles. The van der Waals surface area contributed by atoms with Gasteiger partial charge in [0.2, 0.25) is 15.9 Å². The Balaban J connectivity index is 1.72. The van der Waals surface area contributed by atoms with Crippen molar-refractivity contribution in [2.75, 3.05) is 11.4 Å². The van der Waals surface area contributed by atoms with E-state index in [2.05, 4.69) is 9.82 Å². The highest BCUT2D eigenvalue weighted by Crippen LogP contribution is 2.22. The highest BCUT2D eigenvalue weighted by atomic mass is 32.2. The summed E-state index contributed by atoms with van der Waals surface area (Å²) in [4.78, 5) is 14.4. The van der Waals surface area contributed by atoms with Crippen molar-refractivity contribution >= 4 is 27.8 Å². The summed E-state index contributed by atoms with van der Waals surface area (Å²) in [5, 5.41) is 5.37. The quantitative estimate of drug-likeness (QED) is 0.850. The predicted molar refractivity (Wildman–Crippen MR) is 106 cm³/mol. The van der Waals surface area contributed by atoms with Gasteiger partial charge in [0, 0.05) is 25.1 Å². The van der Waals surface area contributed by atoms with Crippen molar-refractivity contribution in [3.8, 4) is 0 Å². The SMILES string of the molecule is Cc1ccc(/C=C/S(=O)(=O)NC2CCCN(c3cc(C)nn3C)C2=O)cc1. The monoisotopic (exact) mass is 388 g/mol. The standard InChI is InChI=1S/C19H24N4O3S/c1-14-6-8-16(9-7-14)10-12-27(25,26)21-17-5-4-11-23(19(17)24)18-13-15(2)20-22(18)3/h6-10,12-13,17,21H,4-5,11H2,1-3H3/b12-10+. The molecule has 0 aliphatic carbocycles. The summed E-state index contributed by atoms with van der Waals surface area (Å²) in [6.07, 6.45) is 2.71. The maximum Gasteiger partial charge on any atom is 0.246 e. The fourth-order valence-electron chi connectivity index (χ4n) is 3.14. The van der Waals surface area contributed by atoms with Crippen molar-refractivity contribution in [3.63, 3.8) is 0 Å². The summed E-state index contributed by atoms with van der Waals surface area (Å²) in [6.45, 7) is 4.37. The van der Waals surface area contributed by atoms with Gasteiger partial charge in [0.05, 0.1) is 5.69 Å². The van der Waals surface area contributed by atoms with E-state index < -0.39 is 16.1 Å². The number of aryl methyl sites for hydroxylation is 3. The molecule has 2 aromatic rings. The molecule has 1 atom stereocenters. The Kier molecular flexibility index (Phi) is 5.48. The Morgan fingerprint density at radius 3 is 2.56 bits per heavy atom. The van der Waals surface area contributed by atoms with E-state index in [1.165, 1.54) is 6.08 Å². The number of benzene rings is 1. The Labute approximate surface area is 159 Å². The number of rotatable bonds is 5. The van der Waals surface area contributed by atoms with Gasteiger partial charge in [-0.1, -0.05) is 29.8 Å². The Morgan fingerprint density at radius 1 is 1.22 bits per heavy atom. The van der Waals surface area contributed by atoms with Crippen LogP contribution in [0.5, 0.6) is 0 Å². The third-order valence-corrected chi connectivity index (χ3v) is 5.62. The van der Waals surface area contributed by atoms with Crippen molar-refractivity contribution in [2.24, 2.45) is 7.05 Å². The van der Waals surface area contributed by atoms with E-state index in [4.69, 9.17) is 0 Å². The molecule has 1 N–H and O–H groups in total. The number of nitrogens with one attached hydrogen (secondary N) is 1. The highest BCUT2D eigenvalue weighted by Gasteiger charge is 2.33. The number of nitrogens with zero attached hydrogens (tertiary/aromatic N) is 3. The van der Waals surface area contributed by atoms with Gasteiger partial charge in [0.25, 0.3) is 0 Å². The lowest BCUT2D eigenvalue weighted by Crippen LogP contribution is -2.52. The number of hydrogen-bond acceptors (Lipinski definition) is 4. The Bertz CT molecular complexity index is 961. The van der Waals surface area contributed by atoms with Gasteiger partial charge in [-0.15, -0.1) is 0 Å². The van der Waals surface area contributed by atoms with Crippen LogP contribution in [0.25, 0.3) is 6.08 Å². The van der Waals surface area contributed by atoms with Crippen LogP contribution in [0.3, 0.4) is 0 Å². The molecule has 3 rings (SSSR count). The molecular weight excluding hydrogens is 364 g/mol. The smallest absolute Gasteiger partial charge is 0.246 e. The van der Waals surface area contributed by atoms with Crippen LogP contribution in [0, 0.1) is 13.8 Å². The predicted octanol–water partition coefficient (Wildman–Crippen LogP) is 2.12. The van der Waals surface area contributed by atoms with Gasteiger partial charge in [0.1, 0.15) is 11.9 Å². The Hall–Kier alpha value is -2.45. The van der Waals surface area contributed by atoms with Crippen LogP contribution in [0.1, 0.15) is 29.7 Å². The highest BCUT2D eigenvalue weighted by molar-refractivity contribution is 7.92. The van der Waals surface area contributed by atoms with Crippen LogP contribution < -0.4 is 9.62 Å². The molecule has 0 saturated carbocycles. The second-order valence-corrected chi connectivity index (χ2v) is 8.43. The number of carbonyl (C=O) groups excluding carboxylic acids is 1. The minimum absolute atomic E-state index is 0.253. The average molecular weight is 388 g/mol. The lowest BCUT2D eigenvalue weighted by molar-refractivity contribution is -0.121. The Morgan fingerprint density at radius 2 is 1.93 bits per heavy atom. The van der Waals surface area contributed by atoms with Crippen LogP contribution in [0.2, 0.25) is 0 Å². The zero-order valence-electron chi connectivity index (χ0n) is 15.7. The molecule has 144 valence electrons. The van der Waals surface area contributed by atoms with Crippen molar-refractivity contribution in [1.82, 2.24) is 14.5 Å². The molecule has 0 radical (unpaired) electrons. The van der Waals surface area contributed by atoms with Crippen LogP contribution in [0.15, 0.2) is 35.7 Å². The summed E-state index contributed by atoms with van der Waals surface area (Å²) < 4.78 is 29.0. The minimum atomic E-state index is -3.73. The van der Waals surface area contributed by atoms with Gasteiger partial charge < -0.3 is 0 Å². The largest absolute Gasteiger partial charge is 0.296 e. The fraction of sp³-hybridized carbons (Fsp3) is 0.368. The topological polar surface area (TPSA) is 84.3 Å². The van der Waals surface area contributed by atoms with Gasteiger partial charge in [-0.3, -0.25) is 14.4 Å². The zero-order valence-corrected chi connectivity index (χ0v) is 16.5. The van der Waals surface area contributed by atoms with Gasteiger partial charge in [-0.2, -0.15) is 9.82 Å². The van der Waals surface area contributed by atoms with Crippen molar-refractivity contribution in [2.45, 2.75) is 32.7 Å². The molecule has 1 aromatic carbocycles. The molecule has 2 heterocycles. The van der Waals surface area contributed by atoms with E-state index in [9.17, 15) is 13.2 Å². The molecule has 1 fully saturated rings. The van der Waals surface area contributed by atoms with E-state index in [0.29, 0.717) is 25.2 Å². The summed E-state index contributed by atoms with van der Waals surface area (Å²) in [5.41, 5.74) is 2.70. The third kappa shape index (κ3) is 4.64. The van der Waals surface area contributed by atoms with E-state index in [1.54, 1.807) is 16.6 Å². The number of sulfonamides is 1. The van der Waals surface area contributed by atoms with Gasteiger partial charge in [-0.05, 0) is 38.3 Å². The lowest BCUT2D eigenvalue weighted by Gasteiger charge is -2.31. The van der Waals surface area contributed by atoms with Crippen molar-refractivity contribution < 1.29 is 13.2 Å². The zero-order chi connectivity index (χ0) is 19.6. The lowest BCUT2D eigenvalue weighted by atomic mass is 10.1. The first-order valence-corrected chi connectivity index (χ1v) is 10.4. The molecule has 1 saturated heterocycles. The minimum Gasteiger partial charge on any atom is -0.296 e. The fourth-order valence-corrected chi connectivity index (χ4v) is 4.18. The number of carbonyl (C=O) groups is 1. The second kappa shape index (κ2) is 7.66. The molecule has 1 aromatic heterocycles. The third-order valence-electron chi connectivity index (χ3n) is 4.52. The second-order valence-electron chi connectivity index (χ2n) is 6.83. The summed E-state index contributed by atoms with van der Waals surface area (Å²) in [7, 11) is -1.96. The molecule has 0 spiro atoms. The van der Waals surface area contributed by atoms with Crippen LogP contribution in [-0.4, -0.2) is 36.7 Å². The van der Waals surface area contributed by atoms with E-state index >= 15 is 0 Å². The van der Waals surface area contributed by atoms with E-state index in [-0.39, 0.29) is 5.91 Å². The van der Waals surface area contributed by atoms with E-state index in [0.717, 1.165) is 22.2 Å². The van der Waals surface area contributed by atoms with Crippen LogP contribution in [0.4, 0.5) is 5.82 Å². The van der Waals surface area contributed by atoms with Gasteiger partial charge in [-0.25, -0.2) is 8.42 Å².